The van der Waals surface area contributed by atoms with Crippen molar-refractivity contribution in [1.29, 1.82) is 0 Å². The molecule has 6 nitrogen and oxygen atoms in total. The molecule has 6 heteroatoms. The molecule has 1 aliphatic heterocycles. The zero-order chi connectivity index (χ0) is 19.3. The standard InChI is InChI=1S/C20H35NO5/c1-20(2,3)26-19(24)21-15(9-11-18(23)25-4)8-10-16-14(12-13-22)6-5-7-17(16)21/h14-17,22H,5-13H2,1-4H3/t14-,15-,16-,17+/m0/s1. The topological polar surface area (TPSA) is 76.1 Å². The van der Waals surface area contributed by atoms with Crippen LogP contribution < -0.4 is 0 Å². The molecule has 0 bridgehead atoms. The van der Waals surface area contributed by atoms with Gasteiger partial charge in [0.05, 0.1) is 7.11 Å². The molecule has 2 aliphatic rings. The zero-order valence-electron chi connectivity index (χ0n) is 16.7. The van der Waals surface area contributed by atoms with E-state index in [0.29, 0.717) is 24.7 Å². The number of nitrogens with zero attached hydrogens (tertiary/aromatic N) is 1. The summed E-state index contributed by atoms with van der Waals surface area (Å²) in [5.74, 6) is 0.640. The predicted octanol–water partition coefficient (Wildman–Crippen LogP) is 3.51. The molecule has 1 N–H and O–H groups in total. The van der Waals surface area contributed by atoms with Crippen LogP contribution in [0.25, 0.3) is 0 Å². The first-order valence-corrected chi connectivity index (χ1v) is 9.95. The summed E-state index contributed by atoms with van der Waals surface area (Å²) in [5.41, 5.74) is -0.546. The van der Waals surface area contributed by atoms with Crippen molar-refractivity contribution in [1.82, 2.24) is 4.90 Å². The minimum absolute atomic E-state index is 0.0121. The molecule has 1 saturated heterocycles. The fourth-order valence-electron chi connectivity index (χ4n) is 4.69. The van der Waals surface area contributed by atoms with Crippen LogP contribution in [0.5, 0.6) is 0 Å². The third kappa shape index (κ3) is 5.35. The van der Waals surface area contributed by atoms with Gasteiger partial charge < -0.3 is 19.5 Å². The number of ether oxygens (including phenoxy) is 2. The molecule has 1 heterocycles. The number of methoxy groups -OCH3 is 1. The lowest BCUT2D eigenvalue weighted by atomic mass is 9.68. The quantitative estimate of drug-likeness (QED) is 0.751. The average Bonchev–Trinajstić information content (AvgIpc) is 2.57. The smallest absolute Gasteiger partial charge is 0.410 e. The summed E-state index contributed by atoms with van der Waals surface area (Å²) in [4.78, 5) is 26.5. The average molecular weight is 370 g/mol. The molecule has 0 aromatic heterocycles. The molecule has 150 valence electrons. The molecule has 26 heavy (non-hydrogen) atoms. The van der Waals surface area contributed by atoms with Crippen LogP contribution in [0.15, 0.2) is 0 Å². The van der Waals surface area contributed by atoms with Gasteiger partial charge in [-0.1, -0.05) is 6.42 Å². The van der Waals surface area contributed by atoms with Gasteiger partial charge in [0.1, 0.15) is 5.60 Å². The monoisotopic (exact) mass is 369 g/mol. The summed E-state index contributed by atoms with van der Waals surface area (Å²) in [7, 11) is 1.39. The van der Waals surface area contributed by atoms with Gasteiger partial charge in [0, 0.05) is 25.1 Å². The third-order valence-electron chi connectivity index (χ3n) is 5.77. The molecule has 0 radical (unpaired) electrons. The van der Waals surface area contributed by atoms with Gasteiger partial charge in [0.25, 0.3) is 0 Å². The van der Waals surface area contributed by atoms with E-state index in [4.69, 9.17) is 9.47 Å². The zero-order valence-corrected chi connectivity index (χ0v) is 16.7. The number of rotatable bonds is 5. The molecule has 1 amide bonds. The van der Waals surface area contributed by atoms with E-state index in [2.05, 4.69) is 0 Å². The van der Waals surface area contributed by atoms with Crippen LogP contribution in [0.2, 0.25) is 0 Å². The number of hydrogen-bond acceptors (Lipinski definition) is 5. The number of likely N-dealkylation sites (tertiary alicyclic amines) is 1. The molecule has 0 spiro atoms. The fraction of sp³-hybridized carbons (Fsp3) is 0.900. The normalized spacial score (nSPS) is 29.0. The number of fused-ring (bicyclic) bond motifs is 1. The number of aliphatic hydroxyl groups is 1. The number of carbonyl (C=O) groups is 2. The Hall–Kier alpha value is -1.30. The van der Waals surface area contributed by atoms with Crippen molar-refractivity contribution in [3.63, 3.8) is 0 Å². The van der Waals surface area contributed by atoms with Crippen molar-refractivity contribution >= 4 is 12.1 Å². The van der Waals surface area contributed by atoms with Crippen molar-refractivity contribution in [3.05, 3.63) is 0 Å². The Kier molecular flexibility index (Phi) is 7.33. The second-order valence-electron chi connectivity index (χ2n) is 8.67. The summed E-state index contributed by atoms with van der Waals surface area (Å²) >= 11 is 0. The van der Waals surface area contributed by atoms with Crippen LogP contribution >= 0.6 is 0 Å². The predicted molar refractivity (Wildman–Crippen MR) is 98.7 cm³/mol. The lowest BCUT2D eigenvalue weighted by Crippen LogP contribution is -2.57. The Balaban J connectivity index is 2.18. The highest BCUT2D eigenvalue weighted by molar-refractivity contribution is 5.71. The molecule has 1 saturated carbocycles. The lowest BCUT2D eigenvalue weighted by molar-refractivity contribution is -0.141. The highest BCUT2D eigenvalue weighted by Gasteiger charge is 2.45. The summed E-state index contributed by atoms with van der Waals surface area (Å²) in [6.45, 7) is 5.84. The van der Waals surface area contributed by atoms with E-state index in [1.165, 1.54) is 7.11 Å². The molecule has 0 aromatic carbocycles. The highest BCUT2D eigenvalue weighted by atomic mass is 16.6. The third-order valence-corrected chi connectivity index (χ3v) is 5.77. The largest absolute Gasteiger partial charge is 0.469 e. The summed E-state index contributed by atoms with van der Waals surface area (Å²) in [6, 6.07) is 0.157. The molecule has 0 aromatic rings. The van der Waals surface area contributed by atoms with Gasteiger partial charge in [-0.2, -0.15) is 0 Å². The van der Waals surface area contributed by atoms with E-state index < -0.39 is 5.60 Å². The second-order valence-corrected chi connectivity index (χ2v) is 8.67. The van der Waals surface area contributed by atoms with Crippen molar-refractivity contribution < 1.29 is 24.2 Å². The van der Waals surface area contributed by atoms with Gasteiger partial charge >= 0.3 is 12.1 Å². The van der Waals surface area contributed by atoms with Gasteiger partial charge in [-0.15, -0.1) is 0 Å². The maximum atomic E-state index is 13.0. The first-order chi connectivity index (χ1) is 12.3. The summed E-state index contributed by atoms with van der Waals surface area (Å²) in [6.07, 6.45) is 6.53. The second kappa shape index (κ2) is 9.07. The van der Waals surface area contributed by atoms with Crippen LogP contribution in [0, 0.1) is 11.8 Å². The molecule has 1 aliphatic carbocycles. The summed E-state index contributed by atoms with van der Waals surface area (Å²) < 4.78 is 10.5. The minimum atomic E-state index is -0.546. The van der Waals surface area contributed by atoms with E-state index in [9.17, 15) is 14.7 Å². The van der Waals surface area contributed by atoms with E-state index in [0.717, 1.165) is 38.5 Å². The maximum Gasteiger partial charge on any atom is 0.410 e. The number of esters is 1. The Morgan fingerprint density at radius 2 is 1.85 bits per heavy atom. The van der Waals surface area contributed by atoms with E-state index in [1.54, 1.807) is 0 Å². The summed E-state index contributed by atoms with van der Waals surface area (Å²) in [5, 5.41) is 9.40. The van der Waals surface area contributed by atoms with Crippen LogP contribution in [0.4, 0.5) is 4.79 Å². The van der Waals surface area contributed by atoms with E-state index in [1.807, 2.05) is 25.7 Å². The number of piperidine rings is 1. The number of amides is 1. The number of aliphatic hydroxyl groups excluding tert-OH is 1. The van der Waals surface area contributed by atoms with Gasteiger partial charge in [-0.05, 0) is 71.1 Å². The molecule has 2 rings (SSSR count). The molecular formula is C20H35NO5. The lowest BCUT2D eigenvalue weighted by Gasteiger charge is -2.51. The van der Waals surface area contributed by atoms with Gasteiger partial charge in [-0.3, -0.25) is 4.79 Å². The van der Waals surface area contributed by atoms with Crippen molar-refractivity contribution in [2.45, 2.75) is 89.8 Å². The molecular weight excluding hydrogens is 334 g/mol. The van der Waals surface area contributed by atoms with Crippen molar-refractivity contribution in [2.75, 3.05) is 13.7 Å². The van der Waals surface area contributed by atoms with E-state index >= 15 is 0 Å². The van der Waals surface area contributed by atoms with Crippen LogP contribution in [0.3, 0.4) is 0 Å². The Morgan fingerprint density at radius 1 is 1.12 bits per heavy atom. The van der Waals surface area contributed by atoms with Crippen molar-refractivity contribution in [2.24, 2.45) is 11.8 Å². The fourth-order valence-corrected chi connectivity index (χ4v) is 4.69. The SMILES string of the molecule is COC(=O)CC[C@@H]1CC[C@H]2[C@H](CCO)CCC[C@H]2N1C(=O)OC(C)(C)C. The van der Waals surface area contributed by atoms with E-state index in [-0.39, 0.29) is 30.8 Å². The van der Waals surface area contributed by atoms with Gasteiger partial charge in [-0.25, -0.2) is 4.79 Å². The molecule has 2 fully saturated rings. The first kappa shape index (κ1) is 21.0. The van der Waals surface area contributed by atoms with Crippen molar-refractivity contribution in [3.8, 4) is 0 Å². The Morgan fingerprint density at radius 3 is 2.46 bits per heavy atom. The van der Waals surface area contributed by atoms with Crippen LogP contribution in [-0.2, 0) is 14.3 Å². The van der Waals surface area contributed by atoms with Gasteiger partial charge in [0.2, 0.25) is 0 Å². The number of hydrogen-bond donors (Lipinski definition) is 1. The van der Waals surface area contributed by atoms with Crippen LogP contribution in [0.1, 0.15) is 72.1 Å². The Labute approximate surface area is 157 Å². The maximum absolute atomic E-state index is 13.0. The molecule has 4 atom stereocenters. The highest BCUT2D eigenvalue weighted by Crippen LogP contribution is 2.43. The number of carbonyl (C=O) groups excluding carboxylic acids is 2. The van der Waals surface area contributed by atoms with Crippen LogP contribution in [-0.4, -0.2) is 53.5 Å². The Bertz CT molecular complexity index is 485. The molecule has 0 unspecified atom stereocenters. The first-order valence-electron chi connectivity index (χ1n) is 9.95. The minimum Gasteiger partial charge on any atom is -0.469 e. The van der Waals surface area contributed by atoms with Gasteiger partial charge in [0.15, 0.2) is 0 Å².